The molecule has 0 aromatic carbocycles. The van der Waals surface area contributed by atoms with E-state index < -0.39 is 4.92 Å². The minimum absolute atomic E-state index is 0.0376. The Kier molecular flexibility index (Phi) is 4.88. The Morgan fingerprint density at radius 1 is 1.43 bits per heavy atom. The number of pyridine rings is 1. The molecule has 5 N–H and O–H groups in total. The van der Waals surface area contributed by atoms with Crippen LogP contribution in [0.5, 0.6) is 0 Å². The fourth-order valence-corrected chi connectivity index (χ4v) is 1.78. The van der Waals surface area contributed by atoms with Gasteiger partial charge >= 0.3 is 0 Å². The topological polar surface area (TPSA) is 135 Å². The van der Waals surface area contributed by atoms with Gasteiger partial charge in [-0.1, -0.05) is 0 Å². The van der Waals surface area contributed by atoms with Gasteiger partial charge in [0.2, 0.25) is 5.91 Å². The molecule has 9 heteroatoms. The fraction of sp³-hybridized carbons (Fsp3) is 0.500. The van der Waals surface area contributed by atoms with Crippen molar-refractivity contribution >= 4 is 23.2 Å². The Bertz CT molecular complexity index is 532. The zero-order valence-electron chi connectivity index (χ0n) is 11.5. The molecule has 0 radical (unpaired) electrons. The van der Waals surface area contributed by atoms with Crippen LogP contribution in [0, 0.1) is 10.1 Å². The number of nitrogens with zero attached hydrogens (tertiary/aromatic N) is 2. The number of anilines is 2. The van der Waals surface area contributed by atoms with Gasteiger partial charge in [0.1, 0.15) is 11.6 Å². The largest absolute Gasteiger partial charge is 0.370 e. The number of rotatable bonds is 8. The van der Waals surface area contributed by atoms with E-state index in [9.17, 15) is 14.9 Å². The molecular formula is C12H18N6O3. The molecule has 0 aliphatic heterocycles. The molecule has 0 unspecified atom stereocenters. The van der Waals surface area contributed by atoms with Gasteiger partial charge in [0.05, 0.1) is 17.1 Å². The molecule has 1 aliphatic carbocycles. The third-order valence-electron chi connectivity index (χ3n) is 3.00. The van der Waals surface area contributed by atoms with Crippen LogP contribution in [0.3, 0.4) is 0 Å². The van der Waals surface area contributed by atoms with Gasteiger partial charge in [-0.25, -0.2) is 10.8 Å². The highest BCUT2D eigenvalue weighted by atomic mass is 16.6. The van der Waals surface area contributed by atoms with E-state index in [2.05, 4.69) is 21.0 Å². The summed E-state index contributed by atoms with van der Waals surface area (Å²) in [7, 11) is 0. The van der Waals surface area contributed by atoms with Crippen LogP contribution >= 0.6 is 0 Å². The maximum absolute atomic E-state index is 11.5. The number of nitrogens with one attached hydrogen (secondary N) is 3. The van der Waals surface area contributed by atoms with Crippen LogP contribution in [0.4, 0.5) is 17.3 Å². The highest BCUT2D eigenvalue weighted by Gasteiger charge is 2.22. The molecular weight excluding hydrogens is 276 g/mol. The quantitative estimate of drug-likeness (QED) is 0.240. The molecule has 1 aliphatic rings. The molecule has 9 nitrogen and oxygen atoms in total. The first-order valence-corrected chi connectivity index (χ1v) is 6.75. The maximum atomic E-state index is 11.5. The SMILES string of the molecule is NNc1cc([N+](=O)[O-])cc(NCCCC(=O)NC2CC2)n1. The molecule has 1 aromatic rings. The summed E-state index contributed by atoms with van der Waals surface area (Å²) in [5.74, 6) is 5.81. The average molecular weight is 294 g/mol. The van der Waals surface area contributed by atoms with E-state index in [0.717, 1.165) is 12.8 Å². The second-order valence-electron chi connectivity index (χ2n) is 4.87. The summed E-state index contributed by atoms with van der Waals surface area (Å²) in [6.45, 7) is 0.496. The van der Waals surface area contributed by atoms with Crippen LogP contribution in [0.1, 0.15) is 25.7 Å². The van der Waals surface area contributed by atoms with Crippen molar-refractivity contribution in [1.82, 2.24) is 10.3 Å². The lowest BCUT2D eigenvalue weighted by atomic mass is 10.3. The first kappa shape index (κ1) is 15.0. The Labute approximate surface area is 121 Å². The average Bonchev–Trinajstić information content (AvgIpc) is 3.27. The van der Waals surface area contributed by atoms with Crippen molar-refractivity contribution in [3.05, 3.63) is 22.2 Å². The predicted molar refractivity (Wildman–Crippen MR) is 77.6 cm³/mol. The first-order chi connectivity index (χ1) is 10.1. The number of carbonyl (C=O) groups is 1. The number of hydrogen-bond donors (Lipinski definition) is 4. The summed E-state index contributed by atoms with van der Waals surface area (Å²) in [6.07, 6.45) is 3.17. The molecule has 0 bridgehead atoms. The number of nitrogens with two attached hydrogens (primary N) is 1. The van der Waals surface area contributed by atoms with Gasteiger partial charge in [-0.15, -0.1) is 0 Å². The van der Waals surface area contributed by atoms with Gasteiger partial charge in [-0.05, 0) is 19.3 Å². The van der Waals surface area contributed by atoms with E-state index in [1.165, 1.54) is 12.1 Å². The zero-order valence-corrected chi connectivity index (χ0v) is 11.5. The molecule has 1 saturated carbocycles. The minimum atomic E-state index is -0.517. The van der Waals surface area contributed by atoms with E-state index in [4.69, 9.17) is 5.84 Å². The molecule has 2 rings (SSSR count). The predicted octanol–water partition coefficient (Wildman–Crippen LogP) is 0.746. The van der Waals surface area contributed by atoms with Crippen LogP contribution in [0.15, 0.2) is 12.1 Å². The van der Waals surface area contributed by atoms with E-state index in [1.807, 2.05) is 0 Å². The lowest BCUT2D eigenvalue weighted by Crippen LogP contribution is -2.25. The highest BCUT2D eigenvalue weighted by Crippen LogP contribution is 2.20. The Hall–Kier alpha value is -2.42. The van der Waals surface area contributed by atoms with E-state index in [1.54, 1.807) is 0 Å². The van der Waals surface area contributed by atoms with Gasteiger partial charge in [-0.2, -0.15) is 0 Å². The molecule has 1 heterocycles. The van der Waals surface area contributed by atoms with Crippen molar-refractivity contribution in [2.24, 2.45) is 5.84 Å². The van der Waals surface area contributed by atoms with Crippen molar-refractivity contribution in [3.63, 3.8) is 0 Å². The van der Waals surface area contributed by atoms with Crippen LogP contribution in [-0.2, 0) is 4.79 Å². The summed E-state index contributed by atoms with van der Waals surface area (Å²) in [4.78, 5) is 25.8. The normalized spacial score (nSPS) is 13.6. The summed E-state index contributed by atoms with van der Waals surface area (Å²) >= 11 is 0. The summed E-state index contributed by atoms with van der Waals surface area (Å²) < 4.78 is 0. The smallest absolute Gasteiger partial charge is 0.276 e. The third kappa shape index (κ3) is 4.88. The van der Waals surface area contributed by atoms with Gasteiger partial charge in [0.15, 0.2) is 0 Å². The molecule has 1 amide bonds. The van der Waals surface area contributed by atoms with Crippen molar-refractivity contribution in [3.8, 4) is 0 Å². The molecule has 114 valence electrons. The lowest BCUT2D eigenvalue weighted by Gasteiger charge is -2.07. The Balaban J connectivity index is 1.80. The number of nitrogen functional groups attached to an aromatic ring is 1. The number of carbonyl (C=O) groups excluding carboxylic acids is 1. The van der Waals surface area contributed by atoms with Gasteiger partial charge in [0.25, 0.3) is 5.69 Å². The molecule has 0 atom stereocenters. The Morgan fingerprint density at radius 2 is 2.14 bits per heavy atom. The molecule has 21 heavy (non-hydrogen) atoms. The lowest BCUT2D eigenvalue weighted by molar-refractivity contribution is -0.384. The van der Waals surface area contributed by atoms with Crippen molar-refractivity contribution in [2.45, 2.75) is 31.7 Å². The van der Waals surface area contributed by atoms with E-state index in [-0.39, 0.29) is 17.4 Å². The summed E-state index contributed by atoms with van der Waals surface area (Å²) in [5.41, 5.74) is 2.18. The summed E-state index contributed by atoms with van der Waals surface area (Å²) in [6, 6.07) is 2.93. The third-order valence-corrected chi connectivity index (χ3v) is 3.00. The second kappa shape index (κ2) is 6.84. The van der Waals surface area contributed by atoms with E-state index >= 15 is 0 Å². The number of amides is 1. The molecule has 0 spiro atoms. The van der Waals surface area contributed by atoms with Gasteiger partial charge in [0, 0.05) is 19.0 Å². The Morgan fingerprint density at radius 3 is 2.76 bits per heavy atom. The van der Waals surface area contributed by atoms with Crippen molar-refractivity contribution in [2.75, 3.05) is 17.3 Å². The molecule has 1 aromatic heterocycles. The number of hydrazine groups is 1. The minimum Gasteiger partial charge on any atom is -0.370 e. The number of nitro groups is 1. The van der Waals surface area contributed by atoms with Gasteiger partial charge < -0.3 is 16.1 Å². The van der Waals surface area contributed by atoms with Crippen LogP contribution in [-0.4, -0.2) is 28.4 Å². The zero-order chi connectivity index (χ0) is 15.2. The summed E-state index contributed by atoms with van der Waals surface area (Å²) in [5, 5.41) is 16.6. The monoisotopic (exact) mass is 294 g/mol. The maximum Gasteiger partial charge on any atom is 0.276 e. The standard InChI is InChI=1S/C12H18N6O3/c13-17-11-7-9(18(20)21)6-10(16-11)14-5-1-2-12(19)15-8-3-4-8/h6-8H,1-5,13H2,(H,15,19)(H2,14,16,17). The second-order valence-corrected chi connectivity index (χ2v) is 4.87. The first-order valence-electron chi connectivity index (χ1n) is 6.75. The van der Waals surface area contributed by atoms with E-state index in [0.29, 0.717) is 31.2 Å². The number of aromatic nitrogens is 1. The van der Waals surface area contributed by atoms with Crippen LogP contribution < -0.4 is 21.9 Å². The van der Waals surface area contributed by atoms with Crippen LogP contribution in [0.2, 0.25) is 0 Å². The fourth-order valence-electron chi connectivity index (χ4n) is 1.78. The highest BCUT2D eigenvalue weighted by molar-refractivity contribution is 5.76. The van der Waals surface area contributed by atoms with Gasteiger partial charge in [-0.3, -0.25) is 14.9 Å². The molecule has 0 saturated heterocycles. The molecule has 1 fully saturated rings. The van der Waals surface area contributed by atoms with Crippen LogP contribution in [0.25, 0.3) is 0 Å². The van der Waals surface area contributed by atoms with Crippen molar-refractivity contribution in [1.29, 1.82) is 0 Å². The number of hydrogen-bond acceptors (Lipinski definition) is 7. The van der Waals surface area contributed by atoms with Crippen molar-refractivity contribution < 1.29 is 9.72 Å².